The first-order valence-electron chi connectivity index (χ1n) is 9.35. The molecule has 0 bridgehead atoms. The number of nitrogens with one attached hydrogen (secondary N) is 2. The smallest absolute Gasteiger partial charge is 0.322 e. The van der Waals surface area contributed by atoms with Gasteiger partial charge < -0.3 is 5.32 Å². The maximum Gasteiger partial charge on any atom is 0.344 e. The molecule has 1 aromatic rings. The van der Waals surface area contributed by atoms with Crippen LogP contribution in [0.15, 0.2) is 18.2 Å². The third-order valence-electron chi connectivity index (χ3n) is 5.59. The number of rotatable bonds is 5. The standard InChI is InChI=1S/C19H24F2N4O3/c1-12(13-6-7-14(20)15(21)10-13)24(2)11-16(26)23-25-17(27)19(22-18(25)28)8-4-3-5-9-19/h6-7,10,12H,3-5,8-9,11H2,1-2H3,(H,22,28)(H,23,26). The number of hydrogen-bond donors (Lipinski definition) is 2. The monoisotopic (exact) mass is 394 g/mol. The molecule has 1 atom stereocenters. The fourth-order valence-electron chi connectivity index (χ4n) is 3.77. The van der Waals surface area contributed by atoms with Gasteiger partial charge in [0.1, 0.15) is 5.54 Å². The van der Waals surface area contributed by atoms with Gasteiger partial charge in [0.2, 0.25) is 0 Å². The second-order valence-electron chi connectivity index (χ2n) is 7.51. The van der Waals surface area contributed by atoms with E-state index in [0.717, 1.165) is 36.4 Å². The minimum absolute atomic E-state index is 0.135. The van der Waals surface area contributed by atoms with E-state index in [4.69, 9.17) is 0 Å². The van der Waals surface area contributed by atoms with Crippen molar-refractivity contribution in [1.29, 1.82) is 0 Å². The van der Waals surface area contributed by atoms with E-state index in [-0.39, 0.29) is 12.6 Å². The zero-order valence-corrected chi connectivity index (χ0v) is 15.9. The zero-order chi connectivity index (χ0) is 20.5. The van der Waals surface area contributed by atoms with Crippen LogP contribution in [0.5, 0.6) is 0 Å². The molecule has 1 heterocycles. The first-order chi connectivity index (χ1) is 13.2. The molecule has 0 radical (unpaired) electrons. The summed E-state index contributed by atoms with van der Waals surface area (Å²) in [5, 5.41) is 3.47. The molecule has 4 amide bonds. The highest BCUT2D eigenvalue weighted by Gasteiger charge is 2.52. The molecule has 3 rings (SSSR count). The highest BCUT2D eigenvalue weighted by molar-refractivity contribution is 6.08. The highest BCUT2D eigenvalue weighted by atomic mass is 19.2. The summed E-state index contributed by atoms with van der Waals surface area (Å²) in [7, 11) is 1.64. The third kappa shape index (κ3) is 3.84. The van der Waals surface area contributed by atoms with Gasteiger partial charge in [-0.25, -0.2) is 13.6 Å². The minimum atomic E-state index is -0.959. The molecule has 2 fully saturated rings. The molecule has 9 heteroatoms. The zero-order valence-electron chi connectivity index (χ0n) is 15.9. The lowest BCUT2D eigenvalue weighted by Gasteiger charge is -2.30. The van der Waals surface area contributed by atoms with Gasteiger partial charge in [0.25, 0.3) is 11.8 Å². The van der Waals surface area contributed by atoms with Crippen molar-refractivity contribution >= 4 is 17.8 Å². The molecule has 1 saturated heterocycles. The van der Waals surface area contributed by atoms with Gasteiger partial charge in [0, 0.05) is 6.04 Å². The molecule has 2 aliphatic rings. The van der Waals surface area contributed by atoms with Crippen molar-refractivity contribution in [2.45, 2.75) is 50.6 Å². The average Bonchev–Trinajstić information content (AvgIpc) is 2.88. The van der Waals surface area contributed by atoms with Crippen LogP contribution in [-0.4, -0.2) is 46.9 Å². The van der Waals surface area contributed by atoms with Crippen molar-refractivity contribution in [2.24, 2.45) is 0 Å². The van der Waals surface area contributed by atoms with E-state index >= 15 is 0 Å². The normalized spacial score (nSPS) is 19.8. The number of urea groups is 1. The van der Waals surface area contributed by atoms with Crippen LogP contribution in [0.1, 0.15) is 50.6 Å². The summed E-state index contributed by atoms with van der Waals surface area (Å²) in [5.41, 5.74) is 1.96. The summed E-state index contributed by atoms with van der Waals surface area (Å²) in [5.74, 6) is -2.87. The van der Waals surface area contributed by atoms with Crippen LogP contribution in [0.25, 0.3) is 0 Å². The predicted molar refractivity (Wildman–Crippen MR) is 96.7 cm³/mol. The van der Waals surface area contributed by atoms with E-state index in [1.54, 1.807) is 18.9 Å². The number of likely N-dealkylation sites (N-methyl/N-ethyl adjacent to an activating group) is 1. The number of carbonyl (C=O) groups is 3. The number of hydrazine groups is 1. The minimum Gasteiger partial charge on any atom is -0.322 e. The number of imide groups is 1. The molecule has 1 unspecified atom stereocenters. The number of hydrogen-bond acceptors (Lipinski definition) is 4. The van der Waals surface area contributed by atoms with E-state index in [1.165, 1.54) is 6.07 Å². The summed E-state index contributed by atoms with van der Waals surface area (Å²) in [6, 6.07) is 2.55. The van der Waals surface area contributed by atoms with Gasteiger partial charge in [0.15, 0.2) is 11.6 Å². The van der Waals surface area contributed by atoms with Crippen LogP contribution in [0.4, 0.5) is 13.6 Å². The molecule has 2 N–H and O–H groups in total. The fourth-order valence-corrected chi connectivity index (χ4v) is 3.77. The van der Waals surface area contributed by atoms with E-state index in [2.05, 4.69) is 10.7 Å². The van der Waals surface area contributed by atoms with Crippen molar-refractivity contribution < 1.29 is 23.2 Å². The average molecular weight is 394 g/mol. The lowest BCUT2D eigenvalue weighted by atomic mass is 9.82. The van der Waals surface area contributed by atoms with E-state index in [0.29, 0.717) is 18.4 Å². The van der Waals surface area contributed by atoms with Gasteiger partial charge in [-0.05, 0) is 44.5 Å². The van der Waals surface area contributed by atoms with Gasteiger partial charge in [0.05, 0.1) is 6.54 Å². The van der Waals surface area contributed by atoms with E-state index < -0.39 is 35.0 Å². The quantitative estimate of drug-likeness (QED) is 0.751. The van der Waals surface area contributed by atoms with Gasteiger partial charge in [-0.3, -0.25) is 19.9 Å². The first-order valence-corrected chi connectivity index (χ1v) is 9.35. The SMILES string of the molecule is CC(c1ccc(F)c(F)c1)N(C)CC(=O)NN1C(=O)NC2(CCCCC2)C1=O. The van der Waals surface area contributed by atoms with Gasteiger partial charge in [-0.1, -0.05) is 25.3 Å². The Morgan fingerprint density at radius 2 is 1.93 bits per heavy atom. The number of halogens is 2. The van der Waals surface area contributed by atoms with Crippen LogP contribution in [0.2, 0.25) is 0 Å². The first kappa shape index (κ1) is 20.2. The molecule has 28 heavy (non-hydrogen) atoms. The Labute approximate surface area is 162 Å². The maximum atomic E-state index is 13.4. The van der Waals surface area contributed by atoms with Crippen molar-refractivity contribution in [3.05, 3.63) is 35.4 Å². The van der Waals surface area contributed by atoms with Crippen LogP contribution in [0.3, 0.4) is 0 Å². The largest absolute Gasteiger partial charge is 0.344 e. The Morgan fingerprint density at radius 1 is 1.25 bits per heavy atom. The number of benzene rings is 1. The Balaban J connectivity index is 1.60. The fraction of sp³-hybridized carbons (Fsp3) is 0.526. The van der Waals surface area contributed by atoms with E-state index in [9.17, 15) is 23.2 Å². The molecular weight excluding hydrogens is 370 g/mol. The number of carbonyl (C=O) groups excluding carboxylic acids is 3. The Morgan fingerprint density at radius 3 is 2.57 bits per heavy atom. The van der Waals surface area contributed by atoms with Gasteiger partial charge in [-0.2, -0.15) is 5.01 Å². The van der Waals surface area contributed by atoms with Crippen molar-refractivity contribution in [1.82, 2.24) is 20.7 Å². The second kappa shape index (κ2) is 7.83. The summed E-state index contributed by atoms with van der Waals surface area (Å²) in [6.07, 6.45) is 3.85. The molecule has 152 valence electrons. The molecule has 0 aromatic heterocycles. The summed E-state index contributed by atoms with van der Waals surface area (Å²) in [6.45, 7) is 1.61. The molecule has 1 aliphatic heterocycles. The Kier molecular flexibility index (Phi) is 5.64. The molecule has 7 nitrogen and oxygen atoms in total. The molecule has 1 aromatic carbocycles. The van der Waals surface area contributed by atoms with Crippen molar-refractivity contribution in [2.75, 3.05) is 13.6 Å². The van der Waals surface area contributed by atoms with Crippen LogP contribution >= 0.6 is 0 Å². The molecule has 1 saturated carbocycles. The Hall–Kier alpha value is -2.55. The number of amides is 4. The molecular formula is C19H24F2N4O3. The molecule has 1 aliphatic carbocycles. The molecule has 1 spiro atoms. The van der Waals surface area contributed by atoms with Crippen LogP contribution < -0.4 is 10.7 Å². The summed E-state index contributed by atoms with van der Waals surface area (Å²) >= 11 is 0. The second-order valence-corrected chi connectivity index (χ2v) is 7.51. The predicted octanol–water partition coefficient (Wildman–Crippen LogP) is 2.24. The third-order valence-corrected chi connectivity index (χ3v) is 5.59. The lowest BCUT2D eigenvalue weighted by molar-refractivity contribution is -0.140. The van der Waals surface area contributed by atoms with Gasteiger partial charge >= 0.3 is 6.03 Å². The topological polar surface area (TPSA) is 81.8 Å². The van der Waals surface area contributed by atoms with Crippen molar-refractivity contribution in [3.8, 4) is 0 Å². The lowest BCUT2D eigenvalue weighted by Crippen LogP contribution is -2.52. The van der Waals surface area contributed by atoms with Crippen molar-refractivity contribution in [3.63, 3.8) is 0 Å². The maximum absolute atomic E-state index is 13.4. The van der Waals surface area contributed by atoms with E-state index in [1.807, 2.05) is 0 Å². The Bertz CT molecular complexity index is 795. The highest BCUT2D eigenvalue weighted by Crippen LogP contribution is 2.33. The van der Waals surface area contributed by atoms with Crippen LogP contribution in [-0.2, 0) is 9.59 Å². The number of nitrogens with zero attached hydrogens (tertiary/aromatic N) is 2. The van der Waals surface area contributed by atoms with Crippen LogP contribution in [0, 0.1) is 11.6 Å². The van der Waals surface area contributed by atoms with Gasteiger partial charge in [-0.15, -0.1) is 0 Å². The summed E-state index contributed by atoms with van der Waals surface area (Å²) in [4.78, 5) is 38.8. The summed E-state index contributed by atoms with van der Waals surface area (Å²) < 4.78 is 26.5.